The molecule has 1 aliphatic rings. The van der Waals surface area contributed by atoms with Crippen LogP contribution < -0.4 is 5.32 Å². The summed E-state index contributed by atoms with van der Waals surface area (Å²) in [7, 11) is 0. The second-order valence-electron chi connectivity index (χ2n) is 5.02. The normalized spacial score (nSPS) is 12.8. The van der Waals surface area contributed by atoms with E-state index in [1.807, 2.05) is 42.5 Å². The average Bonchev–Trinajstić information content (AvgIpc) is 2.94. The number of hydrogen-bond acceptors (Lipinski definition) is 2. The van der Waals surface area contributed by atoms with Crippen LogP contribution in [0.3, 0.4) is 0 Å². The minimum Gasteiger partial charge on any atom is -0.444 e. The fourth-order valence-corrected chi connectivity index (χ4v) is 2.53. The average molecular weight is 267 g/mol. The van der Waals surface area contributed by atoms with E-state index >= 15 is 0 Å². The number of hydrogen-bond donors (Lipinski definition) is 1. The van der Waals surface area contributed by atoms with Crippen molar-refractivity contribution in [1.29, 1.82) is 0 Å². The van der Waals surface area contributed by atoms with E-state index in [9.17, 15) is 4.79 Å². The minimum atomic E-state index is -0.410. The molecule has 0 saturated heterocycles. The van der Waals surface area contributed by atoms with Gasteiger partial charge in [-0.2, -0.15) is 0 Å². The van der Waals surface area contributed by atoms with Crippen molar-refractivity contribution in [3.05, 3.63) is 65.2 Å². The number of anilines is 1. The molecule has 1 N–H and O–H groups in total. The molecule has 0 unspecified atom stereocenters. The molecule has 0 atom stereocenters. The van der Waals surface area contributed by atoms with Crippen molar-refractivity contribution in [2.24, 2.45) is 0 Å². The molecular weight excluding hydrogens is 250 g/mol. The molecule has 2 aromatic rings. The van der Waals surface area contributed by atoms with Crippen molar-refractivity contribution < 1.29 is 9.53 Å². The number of nitrogens with one attached hydrogen (secondary N) is 1. The lowest BCUT2D eigenvalue weighted by Crippen LogP contribution is -2.13. The third-order valence-corrected chi connectivity index (χ3v) is 3.56. The third kappa shape index (κ3) is 2.99. The van der Waals surface area contributed by atoms with Crippen LogP contribution >= 0.6 is 0 Å². The predicted molar refractivity (Wildman–Crippen MR) is 78.7 cm³/mol. The number of carbonyl (C=O) groups excluding carboxylic acids is 1. The lowest BCUT2D eigenvalue weighted by Gasteiger charge is -2.08. The Balaban J connectivity index is 1.56. The Hall–Kier alpha value is -2.29. The molecule has 0 spiro atoms. The van der Waals surface area contributed by atoms with Gasteiger partial charge in [-0.15, -0.1) is 0 Å². The van der Waals surface area contributed by atoms with Crippen LogP contribution in [0.25, 0.3) is 0 Å². The van der Waals surface area contributed by atoms with E-state index < -0.39 is 6.09 Å². The SMILES string of the molecule is O=C(Nc1ccc2c(c1)CCC2)OCc1ccccc1. The number of aryl methyl sites for hydroxylation is 2. The van der Waals surface area contributed by atoms with Crippen molar-refractivity contribution in [3.8, 4) is 0 Å². The molecule has 0 aromatic heterocycles. The first kappa shape index (κ1) is 12.7. The molecular formula is C17H17NO2. The molecule has 3 nitrogen and oxygen atoms in total. The molecule has 0 radical (unpaired) electrons. The molecule has 2 aromatic carbocycles. The summed E-state index contributed by atoms with van der Waals surface area (Å²) >= 11 is 0. The van der Waals surface area contributed by atoms with E-state index in [1.165, 1.54) is 17.5 Å². The van der Waals surface area contributed by atoms with Crippen LogP contribution in [0.4, 0.5) is 10.5 Å². The molecule has 1 aliphatic carbocycles. The second kappa shape index (κ2) is 5.78. The lowest BCUT2D eigenvalue weighted by atomic mass is 10.1. The van der Waals surface area contributed by atoms with Crippen LogP contribution in [0, 0.1) is 0 Å². The quantitative estimate of drug-likeness (QED) is 0.915. The summed E-state index contributed by atoms with van der Waals surface area (Å²) in [5, 5.41) is 2.78. The van der Waals surface area contributed by atoms with E-state index in [2.05, 4.69) is 11.4 Å². The van der Waals surface area contributed by atoms with E-state index in [4.69, 9.17) is 4.74 Å². The Labute approximate surface area is 118 Å². The van der Waals surface area contributed by atoms with Gasteiger partial charge in [0.15, 0.2) is 0 Å². The Kier molecular flexibility index (Phi) is 3.68. The predicted octanol–water partition coefficient (Wildman–Crippen LogP) is 3.92. The summed E-state index contributed by atoms with van der Waals surface area (Å²) in [5.41, 5.74) is 4.53. The zero-order valence-electron chi connectivity index (χ0n) is 11.3. The van der Waals surface area contributed by atoms with Crippen molar-refractivity contribution in [2.45, 2.75) is 25.9 Å². The first-order valence-corrected chi connectivity index (χ1v) is 6.91. The largest absolute Gasteiger partial charge is 0.444 e. The van der Waals surface area contributed by atoms with E-state index in [0.29, 0.717) is 0 Å². The van der Waals surface area contributed by atoms with Crippen LogP contribution in [0.1, 0.15) is 23.1 Å². The highest BCUT2D eigenvalue weighted by Gasteiger charge is 2.12. The molecule has 0 heterocycles. The molecule has 1 amide bonds. The fourth-order valence-electron chi connectivity index (χ4n) is 2.53. The Bertz CT molecular complexity index is 608. The van der Waals surface area contributed by atoms with Crippen LogP contribution in [0.5, 0.6) is 0 Å². The van der Waals surface area contributed by atoms with Gasteiger partial charge in [-0.1, -0.05) is 36.4 Å². The monoisotopic (exact) mass is 267 g/mol. The molecule has 0 aliphatic heterocycles. The van der Waals surface area contributed by atoms with Crippen LogP contribution in [-0.4, -0.2) is 6.09 Å². The van der Waals surface area contributed by atoms with Gasteiger partial charge in [0.2, 0.25) is 0 Å². The van der Waals surface area contributed by atoms with Gasteiger partial charge in [-0.3, -0.25) is 5.32 Å². The van der Waals surface area contributed by atoms with Gasteiger partial charge in [0.25, 0.3) is 0 Å². The molecule has 20 heavy (non-hydrogen) atoms. The van der Waals surface area contributed by atoms with Gasteiger partial charge in [-0.25, -0.2) is 4.79 Å². The summed E-state index contributed by atoms with van der Waals surface area (Å²) in [5.74, 6) is 0. The second-order valence-corrected chi connectivity index (χ2v) is 5.02. The summed E-state index contributed by atoms with van der Waals surface area (Å²) in [6, 6.07) is 15.7. The highest BCUT2D eigenvalue weighted by atomic mass is 16.5. The van der Waals surface area contributed by atoms with Crippen LogP contribution in [0.2, 0.25) is 0 Å². The third-order valence-electron chi connectivity index (χ3n) is 3.56. The van der Waals surface area contributed by atoms with E-state index in [1.54, 1.807) is 0 Å². The summed E-state index contributed by atoms with van der Waals surface area (Å²) in [4.78, 5) is 11.8. The number of amides is 1. The van der Waals surface area contributed by atoms with Gasteiger partial charge >= 0.3 is 6.09 Å². The first-order chi connectivity index (χ1) is 9.81. The zero-order valence-corrected chi connectivity index (χ0v) is 11.3. The van der Waals surface area contributed by atoms with Gasteiger partial charge in [0.1, 0.15) is 6.61 Å². The highest BCUT2D eigenvalue weighted by molar-refractivity contribution is 5.84. The standard InChI is InChI=1S/C17H17NO2/c19-17(20-12-13-5-2-1-3-6-13)18-16-10-9-14-7-4-8-15(14)11-16/h1-3,5-6,9-11H,4,7-8,12H2,(H,18,19). The van der Waals surface area contributed by atoms with Gasteiger partial charge < -0.3 is 4.74 Å². The zero-order chi connectivity index (χ0) is 13.8. The first-order valence-electron chi connectivity index (χ1n) is 6.91. The maximum absolute atomic E-state index is 11.8. The number of benzene rings is 2. The lowest BCUT2D eigenvalue weighted by molar-refractivity contribution is 0.155. The molecule has 0 bridgehead atoms. The molecule has 3 rings (SSSR count). The van der Waals surface area contributed by atoms with Gasteiger partial charge in [-0.05, 0) is 48.1 Å². The van der Waals surface area contributed by atoms with Crippen LogP contribution in [0.15, 0.2) is 48.5 Å². The van der Waals surface area contributed by atoms with E-state index in [-0.39, 0.29) is 6.61 Å². The van der Waals surface area contributed by atoms with Crippen molar-refractivity contribution in [3.63, 3.8) is 0 Å². The topological polar surface area (TPSA) is 38.3 Å². The van der Waals surface area contributed by atoms with Gasteiger partial charge in [0, 0.05) is 5.69 Å². The van der Waals surface area contributed by atoms with Gasteiger partial charge in [0.05, 0.1) is 0 Å². The summed E-state index contributed by atoms with van der Waals surface area (Å²) in [6.45, 7) is 0.289. The minimum absolute atomic E-state index is 0.289. The number of fused-ring (bicyclic) bond motifs is 1. The smallest absolute Gasteiger partial charge is 0.411 e. The maximum Gasteiger partial charge on any atom is 0.411 e. The molecule has 0 saturated carbocycles. The molecule has 0 fully saturated rings. The van der Waals surface area contributed by atoms with Crippen molar-refractivity contribution in [1.82, 2.24) is 0 Å². The fraction of sp³-hybridized carbons (Fsp3) is 0.235. The number of ether oxygens (including phenoxy) is 1. The Morgan fingerprint density at radius 2 is 1.85 bits per heavy atom. The van der Waals surface area contributed by atoms with Crippen molar-refractivity contribution in [2.75, 3.05) is 5.32 Å². The summed E-state index contributed by atoms with van der Waals surface area (Å²) < 4.78 is 5.20. The summed E-state index contributed by atoms with van der Waals surface area (Å²) in [6.07, 6.45) is 3.04. The Morgan fingerprint density at radius 1 is 1.05 bits per heavy atom. The molecule has 3 heteroatoms. The highest BCUT2D eigenvalue weighted by Crippen LogP contribution is 2.24. The Morgan fingerprint density at radius 3 is 2.70 bits per heavy atom. The van der Waals surface area contributed by atoms with Crippen molar-refractivity contribution >= 4 is 11.8 Å². The van der Waals surface area contributed by atoms with Crippen LogP contribution in [-0.2, 0) is 24.2 Å². The molecule has 102 valence electrons. The number of rotatable bonds is 3. The maximum atomic E-state index is 11.8. The number of carbonyl (C=O) groups is 1. The van der Waals surface area contributed by atoms with E-state index in [0.717, 1.165) is 24.1 Å².